The van der Waals surface area contributed by atoms with Crippen LogP contribution >= 0.6 is 0 Å². The zero-order valence-corrected chi connectivity index (χ0v) is 15.1. The second-order valence-electron chi connectivity index (χ2n) is 8.11. The molecule has 2 aromatic rings. The van der Waals surface area contributed by atoms with E-state index in [1.807, 2.05) is 0 Å². The molecule has 0 saturated heterocycles. The summed E-state index contributed by atoms with van der Waals surface area (Å²) in [5, 5.41) is 0. The number of hydrogen-bond acceptors (Lipinski definition) is 4. The van der Waals surface area contributed by atoms with Crippen LogP contribution in [0.3, 0.4) is 0 Å². The van der Waals surface area contributed by atoms with Gasteiger partial charge in [0.05, 0.1) is 11.1 Å². The van der Waals surface area contributed by atoms with Gasteiger partial charge in [-0.3, -0.25) is 0 Å². The average Bonchev–Trinajstić information content (AvgIpc) is 3.46. The molecule has 142 valence electrons. The van der Waals surface area contributed by atoms with E-state index in [0.29, 0.717) is 34.8 Å². The van der Waals surface area contributed by atoms with Crippen LogP contribution in [0.15, 0.2) is 36.9 Å². The largest absolute Gasteiger partial charge is 0.454 e. The molecule has 2 heterocycles. The summed E-state index contributed by atoms with van der Waals surface area (Å²) >= 11 is 0. The number of hydrogen-bond donors (Lipinski definition) is 2. The minimum Gasteiger partial charge on any atom is -0.454 e. The van der Waals surface area contributed by atoms with Gasteiger partial charge in [0.2, 0.25) is 0 Å². The number of rotatable bonds is 4. The minimum absolute atomic E-state index is 0.298. The van der Waals surface area contributed by atoms with Crippen LogP contribution in [-0.2, 0) is 9.47 Å². The zero-order chi connectivity index (χ0) is 18.4. The van der Waals surface area contributed by atoms with Crippen LogP contribution in [0, 0.1) is 23.7 Å². The van der Waals surface area contributed by atoms with Crippen molar-refractivity contribution in [2.45, 2.75) is 44.3 Å². The molecule has 6 nitrogen and oxygen atoms in total. The van der Waals surface area contributed by atoms with E-state index in [-0.39, 0.29) is 24.1 Å². The molecule has 2 aromatic heterocycles. The van der Waals surface area contributed by atoms with E-state index in [1.165, 1.54) is 25.7 Å². The van der Waals surface area contributed by atoms with E-state index < -0.39 is 0 Å². The fraction of sp³-hybridized carbons (Fsp3) is 0.524. The highest BCUT2D eigenvalue weighted by Crippen LogP contribution is 2.59. The number of aromatic amines is 2. The highest BCUT2D eigenvalue weighted by atomic mass is 16.6. The molecule has 3 saturated carbocycles. The Labute approximate surface area is 157 Å². The van der Waals surface area contributed by atoms with Gasteiger partial charge in [-0.25, -0.2) is 9.59 Å². The summed E-state index contributed by atoms with van der Waals surface area (Å²) in [5.41, 5.74) is 1.02. The number of esters is 2. The van der Waals surface area contributed by atoms with Gasteiger partial charge in [-0.15, -0.1) is 0 Å². The first kappa shape index (κ1) is 16.7. The molecule has 2 bridgehead atoms. The first-order valence-electron chi connectivity index (χ1n) is 9.90. The summed E-state index contributed by atoms with van der Waals surface area (Å²) in [6.45, 7) is 0. The average molecular weight is 368 g/mol. The van der Waals surface area contributed by atoms with Gasteiger partial charge in [-0.1, -0.05) is 12.8 Å². The molecule has 2 N–H and O–H groups in total. The summed E-state index contributed by atoms with van der Waals surface area (Å²) in [7, 11) is 0. The molecule has 0 amide bonds. The van der Waals surface area contributed by atoms with Crippen LogP contribution < -0.4 is 0 Å². The van der Waals surface area contributed by atoms with Crippen molar-refractivity contribution < 1.29 is 19.1 Å². The number of H-pyrrole nitrogens is 2. The normalized spacial score (nSPS) is 34.2. The van der Waals surface area contributed by atoms with E-state index in [9.17, 15) is 9.59 Å². The summed E-state index contributed by atoms with van der Waals surface area (Å²) in [4.78, 5) is 30.9. The molecule has 3 aliphatic carbocycles. The molecule has 3 fully saturated rings. The Balaban J connectivity index is 1.39. The number of carbonyl (C=O) groups is 2. The highest BCUT2D eigenvalue weighted by Gasteiger charge is 2.61. The maximum absolute atomic E-state index is 12.6. The van der Waals surface area contributed by atoms with Crippen molar-refractivity contribution in [3.63, 3.8) is 0 Å². The summed E-state index contributed by atoms with van der Waals surface area (Å²) in [5.74, 6) is 1.09. The third kappa shape index (κ3) is 2.78. The van der Waals surface area contributed by atoms with E-state index in [0.717, 1.165) is 6.42 Å². The lowest BCUT2D eigenvalue weighted by atomic mass is 9.69. The number of carbonyl (C=O) groups excluding carboxylic acids is 2. The van der Waals surface area contributed by atoms with Crippen molar-refractivity contribution in [3.05, 3.63) is 48.0 Å². The van der Waals surface area contributed by atoms with E-state index in [2.05, 4.69) is 9.97 Å². The van der Waals surface area contributed by atoms with Crippen molar-refractivity contribution in [1.29, 1.82) is 0 Å². The molecule has 27 heavy (non-hydrogen) atoms. The maximum atomic E-state index is 12.6. The predicted molar refractivity (Wildman–Crippen MR) is 97.0 cm³/mol. The van der Waals surface area contributed by atoms with Gasteiger partial charge in [0, 0.05) is 36.6 Å². The van der Waals surface area contributed by atoms with Gasteiger partial charge in [0.25, 0.3) is 0 Å². The zero-order valence-electron chi connectivity index (χ0n) is 15.1. The SMILES string of the molecule is O=C(OC1C2CC(C3CCCCC32)C1OC(=O)c1cc[nH]c1)c1cc[nH]c1. The van der Waals surface area contributed by atoms with Gasteiger partial charge < -0.3 is 19.4 Å². The molecule has 6 heteroatoms. The van der Waals surface area contributed by atoms with E-state index in [4.69, 9.17) is 9.47 Å². The molecule has 3 aliphatic rings. The van der Waals surface area contributed by atoms with E-state index in [1.54, 1.807) is 36.9 Å². The highest BCUT2D eigenvalue weighted by molar-refractivity contribution is 5.90. The lowest BCUT2D eigenvalue weighted by molar-refractivity contribution is -0.0872. The van der Waals surface area contributed by atoms with Crippen molar-refractivity contribution in [2.24, 2.45) is 23.7 Å². The summed E-state index contributed by atoms with van der Waals surface area (Å²) < 4.78 is 11.9. The topological polar surface area (TPSA) is 84.2 Å². The van der Waals surface area contributed by atoms with Gasteiger partial charge >= 0.3 is 11.9 Å². The number of aromatic nitrogens is 2. The van der Waals surface area contributed by atoms with Crippen LogP contribution in [-0.4, -0.2) is 34.1 Å². The molecule has 0 aromatic carbocycles. The standard InChI is InChI=1S/C21H24N2O4/c24-20(12-5-7-22-10-12)26-18-16-9-17(15-4-2-1-3-14(15)16)19(18)27-21(25)13-6-8-23-11-13/h5-8,10-11,14-19,22-23H,1-4,9H2. The fourth-order valence-electron chi connectivity index (χ4n) is 5.75. The van der Waals surface area contributed by atoms with Crippen LogP contribution in [0.4, 0.5) is 0 Å². The third-order valence-corrected chi connectivity index (χ3v) is 6.84. The van der Waals surface area contributed by atoms with Crippen molar-refractivity contribution in [1.82, 2.24) is 9.97 Å². The second-order valence-corrected chi connectivity index (χ2v) is 8.11. The Kier molecular flexibility index (Phi) is 4.06. The lowest BCUT2D eigenvalue weighted by Crippen LogP contribution is -2.47. The Morgan fingerprint density at radius 2 is 1.26 bits per heavy atom. The molecule has 6 atom stereocenters. The molecule has 6 unspecified atom stereocenters. The number of fused-ring (bicyclic) bond motifs is 5. The Bertz CT molecular complexity index is 745. The summed E-state index contributed by atoms with van der Waals surface area (Å²) in [6, 6.07) is 3.42. The Morgan fingerprint density at radius 3 is 1.67 bits per heavy atom. The third-order valence-electron chi connectivity index (χ3n) is 6.84. The monoisotopic (exact) mass is 368 g/mol. The van der Waals surface area contributed by atoms with Crippen LogP contribution in [0.1, 0.15) is 52.8 Å². The quantitative estimate of drug-likeness (QED) is 0.809. The minimum atomic E-state index is -0.348. The molecular formula is C21H24N2O4. The predicted octanol–water partition coefficient (Wildman–Crippen LogP) is 3.55. The van der Waals surface area contributed by atoms with Gasteiger partial charge in [0.15, 0.2) is 0 Å². The fourth-order valence-corrected chi connectivity index (χ4v) is 5.75. The number of ether oxygens (including phenoxy) is 2. The number of nitrogens with one attached hydrogen (secondary N) is 2. The van der Waals surface area contributed by atoms with E-state index >= 15 is 0 Å². The Morgan fingerprint density at radius 1 is 0.778 bits per heavy atom. The van der Waals surface area contributed by atoms with Crippen LogP contribution in [0.25, 0.3) is 0 Å². The first-order valence-corrected chi connectivity index (χ1v) is 9.90. The second kappa shape index (κ2) is 6.59. The van der Waals surface area contributed by atoms with Crippen molar-refractivity contribution in [3.8, 4) is 0 Å². The molecule has 5 rings (SSSR count). The first-order chi connectivity index (χ1) is 13.2. The smallest absolute Gasteiger partial charge is 0.340 e. The van der Waals surface area contributed by atoms with Crippen LogP contribution in [0.5, 0.6) is 0 Å². The van der Waals surface area contributed by atoms with Crippen molar-refractivity contribution in [2.75, 3.05) is 0 Å². The lowest BCUT2D eigenvalue weighted by Gasteiger charge is -2.42. The molecule has 0 aliphatic heterocycles. The van der Waals surface area contributed by atoms with Crippen molar-refractivity contribution >= 4 is 11.9 Å². The van der Waals surface area contributed by atoms with Crippen LogP contribution in [0.2, 0.25) is 0 Å². The van der Waals surface area contributed by atoms with Gasteiger partial charge in [0.1, 0.15) is 12.2 Å². The van der Waals surface area contributed by atoms with Gasteiger partial charge in [-0.05, 0) is 43.2 Å². The molecule has 0 radical (unpaired) electrons. The maximum Gasteiger partial charge on any atom is 0.340 e. The van der Waals surface area contributed by atoms with Gasteiger partial charge in [-0.2, -0.15) is 0 Å². The molecular weight excluding hydrogens is 344 g/mol. The summed E-state index contributed by atoms with van der Waals surface area (Å²) in [6.07, 6.45) is 11.9. The Hall–Kier alpha value is -2.50. The molecule has 0 spiro atoms.